The van der Waals surface area contributed by atoms with E-state index in [2.05, 4.69) is 13.8 Å². The molecule has 1 saturated heterocycles. The van der Waals surface area contributed by atoms with Gasteiger partial charge in [-0.15, -0.1) is 0 Å². The molecule has 3 nitrogen and oxygen atoms in total. The first-order valence-corrected chi connectivity index (χ1v) is 7.26. The van der Waals surface area contributed by atoms with E-state index in [1.165, 1.54) is 0 Å². The molecule has 2 N–H and O–H groups in total. The van der Waals surface area contributed by atoms with Gasteiger partial charge in [-0.1, -0.05) is 13.8 Å². The van der Waals surface area contributed by atoms with Gasteiger partial charge in [0.05, 0.1) is 0 Å². The second kappa shape index (κ2) is 6.50. The lowest BCUT2D eigenvalue weighted by atomic mass is 9.84. The van der Waals surface area contributed by atoms with Gasteiger partial charge in [-0.25, -0.2) is 0 Å². The molecule has 94 valence electrons. The third kappa shape index (κ3) is 4.74. The number of amides is 1. The van der Waals surface area contributed by atoms with Crippen LogP contribution < -0.4 is 5.73 Å². The van der Waals surface area contributed by atoms with Crippen LogP contribution in [-0.4, -0.2) is 41.9 Å². The number of rotatable bonds is 5. The standard InChI is InChI=1S/C12H24N2OS/c1-12(2,5-6-13)4-3-11(15)14-7-9-16-10-8-14/h3-10,13H2,1-2H3. The molecule has 0 radical (unpaired) electrons. The summed E-state index contributed by atoms with van der Waals surface area (Å²) in [5.74, 6) is 2.51. The lowest BCUT2D eigenvalue weighted by Gasteiger charge is -2.29. The normalized spacial score (nSPS) is 17.6. The molecule has 0 saturated carbocycles. The highest BCUT2D eigenvalue weighted by atomic mass is 32.2. The molecule has 1 fully saturated rings. The summed E-state index contributed by atoms with van der Waals surface area (Å²) >= 11 is 1.94. The van der Waals surface area contributed by atoms with Crippen molar-refractivity contribution in [1.82, 2.24) is 4.90 Å². The van der Waals surface area contributed by atoms with Crippen molar-refractivity contribution in [1.29, 1.82) is 0 Å². The Balaban J connectivity index is 2.28. The molecular formula is C12H24N2OS. The number of nitrogens with zero attached hydrogens (tertiary/aromatic N) is 1. The number of hydrogen-bond acceptors (Lipinski definition) is 3. The molecule has 1 aliphatic rings. The summed E-state index contributed by atoms with van der Waals surface area (Å²) in [6.07, 6.45) is 2.63. The van der Waals surface area contributed by atoms with Gasteiger partial charge in [-0.3, -0.25) is 4.79 Å². The summed E-state index contributed by atoms with van der Waals surface area (Å²) in [4.78, 5) is 13.9. The van der Waals surface area contributed by atoms with Crippen LogP contribution in [0, 0.1) is 5.41 Å². The van der Waals surface area contributed by atoms with Crippen molar-refractivity contribution in [3.8, 4) is 0 Å². The van der Waals surface area contributed by atoms with E-state index >= 15 is 0 Å². The number of thioether (sulfide) groups is 1. The fourth-order valence-electron chi connectivity index (χ4n) is 1.93. The van der Waals surface area contributed by atoms with Crippen molar-refractivity contribution in [2.45, 2.75) is 33.1 Å². The molecule has 0 aromatic rings. The molecule has 0 unspecified atom stereocenters. The van der Waals surface area contributed by atoms with E-state index < -0.39 is 0 Å². The first kappa shape index (κ1) is 13.8. The topological polar surface area (TPSA) is 46.3 Å². The number of hydrogen-bond donors (Lipinski definition) is 1. The van der Waals surface area contributed by atoms with Crippen LogP contribution in [0.3, 0.4) is 0 Å². The van der Waals surface area contributed by atoms with Crippen LogP contribution in [0.2, 0.25) is 0 Å². The van der Waals surface area contributed by atoms with Gasteiger partial charge < -0.3 is 10.6 Å². The van der Waals surface area contributed by atoms with Crippen molar-refractivity contribution < 1.29 is 4.79 Å². The Labute approximate surface area is 103 Å². The predicted molar refractivity (Wildman–Crippen MR) is 70.6 cm³/mol. The fraction of sp³-hybridized carbons (Fsp3) is 0.917. The van der Waals surface area contributed by atoms with Crippen LogP contribution in [0.1, 0.15) is 33.1 Å². The van der Waals surface area contributed by atoms with E-state index in [0.717, 1.165) is 37.4 Å². The van der Waals surface area contributed by atoms with Crippen molar-refractivity contribution >= 4 is 17.7 Å². The monoisotopic (exact) mass is 244 g/mol. The maximum Gasteiger partial charge on any atom is 0.222 e. The van der Waals surface area contributed by atoms with Crippen molar-refractivity contribution in [2.75, 3.05) is 31.1 Å². The molecule has 4 heteroatoms. The van der Waals surface area contributed by atoms with Gasteiger partial charge in [0.1, 0.15) is 0 Å². The van der Waals surface area contributed by atoms with Gasteiger partial charge in [0.2, 0.25) is 5.91 Å². The average Bonchev–Trinajstić information content (AvgIpc) is 2.27. The first-order valence-electron chi connectivity index (χ1n) is 6.11. The molecule has 0 aromatic carbocycles. The quantitative estimate of drug-likeness (QED) is 0.801. The number of nitrogens with two attached hydrogens (primary N) is 1. The summed E-state index contributed by atoms with van der Waals surface area (Å²) in [5.41, 5.74) is 5.77. The maximum absolute atomic E-state index is 11.9. The zero-order valence-electron chi connectivity index (χ0n) is 10.5. The molecule has 0 aromatic heterocycles. The third-order valence-electron chi connectivity index (χ3n) is 3.20. The van der Waals surface area contributed by atoms with Gasteiger partial charge in [-0.05, 0) is 24.8 Å². The van der Waals surface area contributed by atoms with E-state index in [-0.39, 0.29) is 5.41 Å². The van der Waals surface area contributed by atoms with Crippen LogP contribution in [-0.2, 0) is 4.79 Å². The molecule has 0 aliphatic carbocycles. The third-order valence-corrected chi connectivity index (χ3v) is 4.14. The lowest BCUT2D eigenvalue weighted by Crippen LogP contribution is -2.38. The van der Waals surface area contributed by atoms with Crippen LogP contribution in [0.5, 0.6) is 0 Å². The zero-order chi connectivity index (χ0) is 12.0. The van der Waals surface area contributed by atoms with Crippen molar-refractivity contribution in [3.05, 3.63) is 0 Å². The molecule has 16 heavy (non-hydrogen) atoms. The Kier molecular flexibility index (Phi) is 5.62. The van der Waals surface area contributed by atoms with Gasteiger partial charge in [0.25, 0.3) is 0 Å². The lowest BCUT2D eigenvalue weighted by molar-refractivity contribution is -0.131. The fourth-order valence-corrected chi connectivity index (χ4v) is 2.84. The molecule has 0 bridgehead atoms. The summed E-state index contributed by atoms with van der Waals surface area (Å²) in [6, 6.07) is 0. The van der Waals surface area contributed by atoms with Crippen LogP contribution >= 0.6 is 11.8 Å². The molecular weight excluding hydrogens is 220 g/mol. The minimum Gasteiger partial charge on any atom is -0.341 e. The minimum atomic E-state index is 0.203. The highest BCUT2D eigenvalue weighted by molar-refractivity contribution is 7.99. The number of carbonyl (C=O) groups is 1. The van der Waals surface area contributed by atoms with Crippen molar-refractivity contribution in [2.24, 2.45) is 11.1 Å². The van der Waals surface area contributed by atoms with Crippen LogP contribution in [0.4, 0.5) is 0 Å². The second-order valence-electron chi connectivity index (χ2n) is 5.20. The van der Waals surface area contributed by atoms with E-state index in [0.29, 0.717) is 18.9 Å². The highest BCUT2D eigenvalue weighted by Crippen LogP contribution is 2.26. The Morgan fingerprint density at radius 2 is 1.94 bits per heavy atom. The summed E-state index contributed by atoms with van der Waals surface area (Å²) in [7, 11) is 0. The van der Waals surface area contributed by atoms with Crippen LogP contribution in [0.15, 0.2) is 0 Å². The zero-order valence-corrected chi connectivity index (χ0v) is 11.3. The predicted octanol–water partition coefficient (Wildman–Crippen LogP) is 1.72. The van der Waals surface area contributed by atoms with Gasteiger partial charge in [-0.2, -0.15) is 11.8 Å². The van der Waals surface area contributed by atoms with Gasteiger partial charge >= 0.3 is 0 Å². The highest BCUT2D eigenvalue weighted by Gasteiger charge is 2.21. The summed E-state index contributed by atoms with van der Waals surface area (Å²) in [5, 5.41) is 0. The Morgan fingerprint density at radius 1 is 1.31 bits per heavy atom. The largest absolute Gasteiger partial charge is 0.341 e. The molecule has 1 heterocycles. The molecule has 1 rings (SSSR count). The van der Waals surface area contributed by atoms with E-state index in [1.807, 2.05) is 16.7 Å². The first-order chi connectivity index (χ1) is 7.55. The Bertz CT molecular complexity index is 225. The van der Waals surface area contributed by atoms with E-state index in [9.17, 15) is 4.79 Å². The Hall–Kier alpha value is -0.220. The molecule has 0 spiro atoms. The van der Waals surface area contributed by atoms with E-state index in [1.54, 1.807) is 0 Å². The van der Waals surface area contributed by atoms with Crippen LogP contribution in [0.25, 0.3) is 0 Å². The SMILES string of the molecule is CC(C)(CCN)CCC(=O)N1CCSCC1. The number of carbonyl (C=O) groups excluding carboxylic acids is 1. The molecule has 1 amide bonds. The molecule has 0 atom stereocenters. The Morgan fingerprint density at radius 3 is 2.50 bits per heavy atom. The smallest absolute Gasteiger partial charge is 0.222 e. The second-order valence-corrected chi connectivity index (χ2v) is 6.42. The van der Waals surface area contributed by atoms with Gasteiger partial charge in [0, 0.05) is 31.0 Å². The maximum atomic E-state index is 11.9. The summed E-state index contributed by atoms with van der Waals surface area (Å²) < 4.78 is 0. The van der Waals surface area contributed by atoms with Gasteiger partial charge in [0.15, 0.2) is 0 Å². The van der Waals surface area contributed by atoms with E-state index in [4.69, 9.17) is 5.73 Å². The molecule has 1 aliphatic heterocycles. The average molecular weight is 244 g/mol. The van der Waals surface area contributed by atoms with Crippen molar-refractivity contribution in [3.63, 3.8) is 0 Å². The summed E-state index contributed by atoms with van der Waals surface area (Å²) in [6.45, 7) is 6.96. The minimum absolute atomic E-state index is 0.203.